The van der Waals surface area contributed by atoms with Gasteiger partial charge in [-0.2, -0.15) is 0 Å². The number of benzene rings is 1. The zero-order valence-electron chi connectivity index (χ0n) is 26.1. The highest BCUT2D eigenvalue weighted by atomic mass is 32.1. The van der Waals surface area contributed by atoms with Crippen molar-refractivity contribution in [2.24, 2.45) is 11.3 Å². The van der Waals surface area contributed by atoms with E-state index in [-0.39, 0.29) is 60.4 Å². The van der Waals surface area contributed by atoms with Crippen LogP contribution in [0.4, 0.5) is 0 Å². The monoisotopic (exact) mass is 636 g/mol. The van der Waals surface area contributed by atoms with Gasteiger partial charge in [0.1, 0.15) is 22.5 Å². The Labute approximate surface area is 266 Å². The second-order valence-electron chi connectivity index (χ2n) is 12.2. The summed E-state index contributed by atoms with van der Waals surface area (Å²) in [6.45, 7) is 8.94. The van der Waals surface area contributed by atoms with E-state index < -0.39 is 23.4 Å². The van der Waals surface area contributed by atoms with Gasteiger partial charge in [0.2, 0.25) is 17.7 Å². The smallest absolute Gasteiger partial charge is 0.274 e. The Morgan fingerprint density at radius 2 is 1.84 bits per heavy atom. The number of aromatic nitrogens is 2. The van der Waals surface area contributed by atoms with Crippen molar-refractivity contribution in [1.29, 1.82) is 0 Å². The van der Waals surface area contributed by atoms with Crippen molar-refractivity contribution >= 4 is 35.0 Å². The largest absolute Gasteiger partial charge is 0.443 e. The molecule has 1 fully saturated rings. The molecule has 3 aromatic rings. The first kappa shape index (κ1) is 32.3. The maximum Gasteiger partial charge on any atom is 0.274 e. The van der Waals surface area contributed by atoms with Crippen LogP contribution in [0.3, 0.4) is 0 Å². The molecule has 1 aromatic carbocycles. The van der Waals surface area contributed by atoms with E-state index in [1.165, 1.54) is 11.3 Å². The number of nitrogens with one attached hydrogen (secondary N) is 3. The van der Waals surface area contributed by atoms with E-state index in [0.29, 0.717) is 43.4 Å². The van der Waals surface area contributed by atoms with Gasteiger partial charge in [-0.25, -0.2) is 9.97 Å². The van der Waals surface area contributed by atoms with Crippen LogP contribution in [-0.4, -0.2) is 71.3 Å². The summed E-state index contributed by atoms with van der Waals surface area (Å²) >= 11 is 1.29. The van der Waals surface area contributed by atoms with Gasteiger partial charge in [0.05, 0.1) is 24.7 Å². The number of carbonyl (C=O) groups is 4. The molecule has 4 heterocycles. The summed E-state index contributed by atoms with van der Waals surface area (Å²) in [5.41, 5.74) is 0.700. The Morgan fingerprint density at radius 3 is 2.53 bits per heavy atom. The Balaban J connectivity index is 1.44. The lowest BCUT2D eigenvalue weighted by Gasteiger charge is -2.40. The summed E-state index contributed by atoms with van der Waals surface area (Å²) in [7, 11) is 0. The van der Waals surface area contributed by atoms with Gasteiger partial charge < -0.3 is 30.0 Å². The zero-order chi connectivity index (χ0) is 32.1. The molecule has 2 atom stereocenters. The fourth-order valence-corrected chi connectivity index (χ4v) is 6.43. The second-order valence-corrected chi connectivity index (χ2v) is 13.1. The maximum absolute atomic E-state index is 13.5. The number of ether oxygens (including phenoxy) is 1. The van der Waals surface area contributed by atoms with E-state index in [9.17, 15) is 19.2 Å². The molecule has 0 aliphatic carbocycles. The minimum Gasteiger partial charge on any atom is -0.443 e. The highest BCUT2D eigenvalue weighted by Crippen LogP contribution is 2.30. The number of amides is 4. The fraction of sp³-hybridized carbons (Fsp3) is 0.500. The molecule has 3 N–H and O–H groups in total. The molecular formula is C32H40N6O6S. The summed E-state index contributed by atoms with van der Waals surface area (Å²) < 4.78 is 11.3. The number of fused-ring (bicyclic) bond motifs is 4. The molecule has 0 radical (unpaired) electrons. The number of thiazole rings is 1. The van der Waals surface area contributed by atoms with Gasteiger partial charge in [-0.05, 0) is 31.7 Å². The molecule has 45 heavy (non-hydrogen) atoms. The van der Waals surface area contributed by atoms with Crippen molar-refractivity contribution in [1.82, 2.24) is 30.8 Å². The van der Waals surface area contributed by atoms with Gasteiger partial charge in [0.25, 0.3) is 11.8 Å². The van der Waals surface area contributed by atoms with Gasteiger partial charge >= 0.3 is 0 Å². The normalized spacial score (nSPS) is 21.4. The van der Waals surface area contributed by atoms with Crippen molar-refractivity contribution in [3.63, 3.8) is 0 Å². The molecular weight excluding hydrogens is 596 g/mol. The van der Waals surface area contributed by atoms with E-state index >= 15 is 0 Å². The van der Waals surface area contributed by atoms with Crippen LogP contribution in [0.25, 0.3) is 0 Å². The maximum atomic E-state index is 13.5. The minimum atomic E-state index is -0.624. The first-order chi connectivity index (χ1) is 21.5. The van der Waals surface area contributed by atoms with Gasteiger partial charge in [0.15, 0.2) is 5.69 Å². The Hall–Kier alpha value is -4.10. The molecule has 2 aliphatic heterocycles. The predicted molar refractivity (Wildman–Crippen MR) is 167 cm³/mol. The lowest BCUT2D eigenvalue weighted by Crippen LogP contribution is -2.54. The first-order valence-corrected chi connectivity index (χ1v) is 16.1. The van der Waals surface area contributed by atoms with E-state index in [1.54, 1.807) is 17.2 Å². The third-order valence-corrected chi connectivity index (χ3v) is 8.99. The predicted octanol–water partition coefficient (Wildman–Crippen LogP) is 3.36. The molecule has 5 rings (SSSR count). The summed E-state index contributed by atoms with van der Waals surface area (Å²) in [6.07, 6.45) is 0.969. The van der Waals surface area contributed by atoms with Crippen LogP contribution in [0, 0.1) is 18.3 Å². The topological polar surface area (TPSA) is 156 Å². The van der Waals surface area contributed by atoms with Crippen molar-refractivity contribution in [2.75, 3.05) is 32.8 Å². The average Bonchev–Trinajstić information content (AvgIpc) is 3.64. The molecule has 2 aromatic heterocycles. The van der Waals surface area contributed by atoms with Crippen LogP contribution in [-0.2, 0) is 20.7 Å². The van der Waals surface area contributed by atoms with Gasteiger partial charge in [-0.15, -0.1) is 11.3 Å². The van der Waals surface area contributed by atoms with Crippen molar-refractivity contribution in [2.45, 2.75) is 59.0 Å². The van der Waals surface area contributed by atoms with Crippen LogP contribution in [0.1, 0.15) is 88.9 Å². The number of oxazole rings is 1. The zero-order valence-corrected chi connectivity index (χ0v) is 26.9. The summed E-state index contributed by atoms with van der Waals surface area (Å²) in [5.74, 6) is -0.587. The third kappa shape index (κ3) is 7.59. The molecule has 0 saturated carbocycles. The van der Waals surface area contributed by atoms with Crippen LogP contribution >= 0.6 is 11.3 Å². The Bertz CT molecular complexity index is 1530. The Morgan fingerprint density at radius 1 is 1.09 bits per heavy atom. The lowest BCUT2D eigenvalue weighted by atomic mass is 9.87. The summed E-state index contributed by atoms with van der Waals surface area (Å²) in [6, 6.07) is 8.56. The van der Waals surface area contributed by atoms with E-state index in [2.05, 4.69) is 25.9 Å². The van der Waals surface area contributed by atoms with Crippen molar-refractivity contribution in [3.8, 4) is 0 Å². The number of hydrogen-bond acceptors (Lipinski definition) is 9. The number of rotatable bonds is 4. The van der Waals surface area contributed by atoms with Crippen molar-refractivity contribution in [3.05, 3.63) is 69.3 Å². The first-order valence-electron chi connectivity index (χ1n) is 15.3. The molecule has 2 aliphatic rings. The minimum absolute atomic E-state index is 0.0397. The van der Waals surface area contributed by atoms with Crippen LogP contribution in [0.5, 0.6) is 0 Å². The van der Waals surface area contributed by atoms with Gasteiger partial charge in [-0.1, -0.05) is 44.2 Å². The van der Waals surface area contributed by atoms with Crippen LogP contribution in [0.2, 0.25) is 0 Å². The van der Waals surface area contributed by atoms with E-state index in [0.717, 1.165) is 5.56 Å². The molecule has 1 saturated heterocycles. The summed E-state index contributed by atoms with van der Waals surface area (Å²) in [5, 5.41) is 11.2. The number of hydrogen-bond donors (Lipinski definition) is 3. The van der Waals surface area contributed by atoms with Gasteiger partial charge in [0, 0.05) is 37.9 Å². The summed E-state index contributed by atoms with van der Waals surface area (Å²) in [4.78, 5) is 63.9. The van der Waals surface area contributed by atoms with Crippen LogP contribution < -0.4 is 16.0 Å². The van der Waals surface area contributed by atoms with Crippen LogP contribution in [0.15, 0.2) is 40.1 Å². The average molecular weight is 637 g/mol. The lowest BCUT2D eigenvalue weighted by molar-refractivity contribution is -0.168. The molecule has 0 unspecified atom stereocenters. The van der Waals surface area contributed by atoms with E-state index in [1.807, 2.05) is 51.1 Å². The highest BCUT2D eigenvalue weighted by molar-refractivity contribution is 7.09. The van der Waals surface area contributed by atoms with E-state index in [4.69, 9.17) is 9.15 Å². The standard InChI is InChI=1S/C32H40N6O6S/c1-19(2)25-30-35-23(16-45-30)27(40)33-12-14-38(31(42)32(4)17-43-18-32)13-8-11-24(39)34-22(15-21-9-6-5-7-10-21)29-37-26(20(3)44-29)28(41)36-25/h5-7,9-10,16,19,22,25H,8,11-15,17-18H2,1-4H3,(H,33,40)(H,34,39)(H,36,41)/t22-,25-/m0/s1. The molecule has 12 nitrogen and oxygen atoms in total. The highest BCUT2D eigenvalue weighted by Gasteiger charge is 2.43. The fourth-order valence-electron chi connectivity index (χ4n) is 5.40. The van der Waals surface area contributed by atoms with Crippen molar-refractivity contribution < 1.29 is 28.3 Å². The second kappa shape index (κ2) is 13.9. The quantitative estimate of drug-likeness (QED) is 0.394. The number of nitrogens with zero attached hydrogens (tertiary/aromatic N) is 3. The molecule has 0 spiro atoms. The SMILES string of the molecule is Cc1oc2nc1C(=O)N[C@@H](C(C)C)c1nc(cs1)C(=O)NCCN(C(=O)C1(C)COC1)CCCC(=O)N[C@H]2Cc1ccccc1. The molecule has 4 amide bonds. The Kier molecular flexibility index (Phi) is 9.98. The molecule has 240 valence electrons. The molecule has 4 bridgehead atoms. The number of aryl methyl sites for hydroxylation is 1. The third-order valence-electron chi connectivity index (χ3n) is 8.06. The van der Waals surface area contributed by atoms with Gasteiger partial charge in [-0.3, -0.25) is 19.2 Å². The number of carbonyl (C=O) groups excluding carboxylic acids is 4. The molecule has 13 heteroatoms.